The number of hydrogen-bond donors (Lipinski definition) is 2. The van der Waals surface area contributed by atoms with Gasteiger partial charge in [0.2, 0.25) is 11.8 Å². The van der Waals surface area contributed by atoms with Crippen LogP contribution in [0.25, 0.3) is 22.6 Å². The van der Waals surface area contributed by atoms with E-state index in [2.05, 4.69) is 15.6 Å². The summed E-state index contributed by atoms with van der Waals surface area (Å²) in [5.74, 6) is 1.06. The number of amides is 2. The fraction of sp³-hybridized carbons (Fsp3) is 0.400. The number of carbonyl (C=O) groups is 2. The van der Waals surface area contributed by atoms with Gasteiger partial charge in [-0.25, -0.2) is 9.78 Å². The van der Waals surface area contributed by atoms with E-state index in [4.69, 9.17) is 13.9 Å². The highest BCUT2D eigenvalue weighted by atomic mass is 16.6. The zero-order valence-corrected chi connectivity index (χ0v) is 19.9. The van der Waals surface area contributed by atoms with Crippen molar-refractivity contribution >= 4 is 28.8 Å². The van der Waals surface area contributed by atoms with Gasteiger partial charge in [0, 0.05) is 17.3 Å². The van der Waals surface area contributed by atoms with E-state index < -0.39 is 17.7 Å². The van der Waals surface area contributed by atoms with Crippen LogP contribution in [0.4, 0.5) is 10.5 Å². The summed E-state index contributed by atoms with van der Waals surface area (Å²) in [4.78, 5) is 29.5. The molecule has 1 atom stereocenters. The molecule has 2 N–H and O–H groups in total. The van der Waals surface area contributed by atoms with E-state index >= 15 is 0 Å². The van der Waals surface area contributed by atoms with E-state index in [1.165, 1.54) is 0 Å². The van der Waals surface area contributed by atoms with Gasteiger partial charge in [-0.3, -0.25) is 4.79 Å². The number of methoxy groups -OCH3 is 1. The van der Waals surface area contributed by atoms with Crippen LogP contribution < -0.4 is 15.4 Å². The van der Waals surface area contributed by atoms with Gasteiger partial charge in [-0.15, -0.1) is 0 Å². The molecule has 33 heavy (non-hydrogen) atoms. The number of ether oxygens (including phenoxy) is 2. The highest BCUT2D eigenvalue weighted by Gasteiger charge is 2.25. The first-order valence-electron chi connectivity index (χ1n) is 10.9. The van der Waals surface area contributed by atoms with Crippen molar-refractivity contribution in [2.75, 3.05) is 12.4 Å². The van der Waals surface area contributed by atoms with Crippen LogP contribution in [-0.2, 0) is 9.53 Å². The average Bonchev–Trinajstić information content (AvgIpc) is 3.15. The van der Waals surface area contributed by atoms with Gasteiger partial charge < -0.3 is 24.5 Å². The Morgan fingerprint density at radius 1 is 1.09 bits per heavy atom. The third-order valence-corrected chi connectivity index (χ3v) is 4.71. The van der Waals surface area contributed by atoms with Gasteiger partial charge in [-0.2, -0.15) is 0 Å². The van der Waals surface area contributed by atoms with Crippen molar-refractivity contribution in [1.29, 1.82) is 0 Å². The van der Waals surface area contributed by atoms with Crippen LogP contribution in [0.5, 0.6) is 5.75 Å². The van der Waals surface area contributed by atoms with Crippen molar-refractivity contribution < 1.29 is 23.5 Å². The number of alkyl carbamates (subject to hydrolysis) is 1. The molecule has 0 saturated heterocycles. The first-order chi connectivity index (χ1) is 15.5. The van der Waals surface area contributed by atoms with E-state index in [1.54, 1.807) is 46.1 Å². The van der Waals surface area contributed by atoms with Crippen LogP contribution in [0, 0.1) is 5.92 Å². The van der Waals surface area contributed by atoms with Gasteiger partial charge in [-0.1, -0.05) is 13.8 Å². The molecule has 0 aliphatic rings. The average molecular weight is 454 g/mol. The largest absolute Gasteiger partial charge is 0.497 e. The smallest absolute Gasteiger partial charge is 0.408 e. The maximum atomic E-state index is 12.9. The predicted octanol–water partition coefficient (Wildman–Crippen LogP) is 5.38. The molecular weight excluding hydrogens is 422 g/mol. The summed E-state index contributed by atoms with van der Waals surface area (Å²) >= 11 is 0. The van der Waals surface area contributed by atoms with E-state index in [-0.39, 0.29) is 11.8 Å². The zero-order chi connectivity index (χ0) is 24.2. The molecule has 0 spiro atoms. The molecule has 0 aliphatic heterocycles. The lowest BCUT2D eigenvalue weighted by atomic mass is 10.0. The summed E-state index contributed by atoms with van der Waals surface area (Å²) in [6, 6.07) is 11.9. The van der Waals surface area contributed by atoms with E-state index in [1.807, 2.05) is 38.1 Å². The standard InChI is InChI=1S/C25H31N3O5/c1-15(2)13-20(28-24(30)33-25(3,4)5)22(29)26-17-9-7-16(8-10-17)23-27-19-12-11-18(31-6)14-21(19)32-23/h7-12,14-15,20H,13H2,1-6H3,(H,26,29)(H,28,30)/t20-/m0/s1. The van der Waals surface area contributed by atoms with Gasteiger partial charge in [0.15, 0.2) is 5.58 Å². The number of oxazole rings is 1. The van der Waals surface area contributed by atoms with Gasteiger partial charge in [-0.05, 0) is 69.5 Å². The van der Waals surface area contributed by atoms with Crippen LogP contribution >= 0.6 is 0 Å². The molecule has 8 heteroatoms. The summed E-state index contributed by atoms with van der Waals surface area (Å²) in [7, 11) is 1.60. The SMILES string of the molecule is COc1ccc2nc(-c3ccc(NC(=O)[C@H](CC(C)C)NC(=O)OC(C)(C)C)cc3)oc2c1. The summed E-state index contributed by atoms with van der Waals surface area (Å²) in [6.45, 7) is 9.31. The number of rotatable bonds is 7. The van der Waals surface area contributed by atoms with Crippen molar-refractivity contribution in [3.05, 3.63) is 42.5 Å². The molecule has 3 aromatic rings. The number of anilines is 1. The lowest BCUT2D eigenvalue weighted by molar-refractivity contribution is -0.118. The fourth-order valence-corrected chi connectivity index (χ4v) is 3.23. The van der Waals surface area contributed by atoms with Gasteiger partial charge >= 0.3 is 6.09 Å². The molecule has 0 saturated carbocycles. The Balaban J connectivity index is 1.70. The van der Waals surface area contributed by atoms with Gasteiger partial charge in [0.05, 0.1) is 7.11 Å². The highest BCUT2D eigenvalue weighted by molar-refractivity contribution is 5.96. The third-order valence-electron chi connectivity index (χ3n) is 4.71. The van der Waals surface area contributed by atoms with Crippen molar-refractivity contribution in [3.63, 3.8) is 0 Å². The quantitative estimate of drug-likeness (QED) is 0.498. The third kappa shape index (κ3) is 6.71. The molecule has 0 aliphatic carbocycles. The Labute approximate surface area is 193 Å². The molecule has 0 fully saturated rings. The second-order valence-corrected chi connectivity index (χ2v) is 9.25. The van der Waals surface area contributed by atoms with Crippen molar-refractivity contribution in [1.82, 2.24) is 10.3 Å². The molecule has 176 valence electrons. The summed E-state index contributed by atoms with van der Waals surface area (Å²) in [5.41, 5.74) is 2.09. The lowest BCUT2D eigenvalue weighted by Crippen LogP contribution is -2.46. The molecule has 1 heterocycles. The number of fused-ring (bicyclic) bond motifs is 1. The molecular formula is C25H31N3O5. The lowest BCUT2D eigenvalue weighted by Gasteiger charge is -2.24. The Kier molecular flexibility index (Phi) is 7.26. The molecule has 0 radical (unpaired) electrons. The van der Waals surface area contributed by atoms with Crippen molar-refractivity contribution in [2.45, 2.75) is 52.7 Å². The summed E-state index contributed by atoms with van der Waals surface area (Å²) < 4.78 is 16.4. The minimum atomic E-state index is -0.716. The number of benzene rings is 2. The van der Waals surface area contributed by atoms with Crippen LogP contribution in [0.15, 0.2) is 46.9 Å². The second-order valence-electron chi connectivity index (χ2n) is 9.25. The van der Waals surface area contributed by atoms with Crippen LogP contribution in [-0.4, -0.2) is 35.7 Å². The molecule has 1 aromatic heterocycles. The summed E-state index contributed by atoms with van der Waals surface area (Å²) in [5, 5.41) is 5.54. The Hall–Kier alpha value is -3.55. The van der Waals surface area contributed by atoms with Crippen LogP contribution in [0.3, 0.4) is 0 Å². The molecule has 0 bridgehead atoms. The van der Waals surface area contributed by atoms with Crippen LogP contribution in [0.1, 0.15) is 41.0 Å². The number of aromatic nitrogens is 1. The van der Waals surface area contributed by atoms with E-state index in [0.29, 0.717) is 29.3 Å². The van der Waals surface area contributed by atoms with Crippen molar-refractivity contribution in [3.8, 4) is 17.2 Å². The Bertz CT molecular complexity index is 1110. The molecule has 2 aromatic carbocycles. The molecule has 2 amide bonds. The maximum Gasteiger partial charge on any atom is 0.408 e. The molecule has 3 rings (SSSR count). The Morgan fingerprint density at radius 2 is 1.79 bits per heavy atom. The van der Waals surface area contributed by atoms with E-state index in [9.17, 15) is 9.59 Å². The normalized spacial score (nSPS) is 12.5. The van der Waals surface area contributed by atoms with Crippen LogP contribution in [0.2, 0.25) is 0 Å². The summed E-state index contributed by atoms with van der Waals surface area (Å²) in [6.07, 6.45) is -0.138. The topological polar surface area (TPSA) is 103 Å². The van der Waals surface area contributed by atoms with Gasteiger partial charge in [0.25, 0.3) is 0 Å². The number of hydrogen-bond acceptors (Lipinski definition) is 6. The highest BCUT2D eigenvalue weighted by Crippen LogP contribution is 2.28. The van der Waals surface area contributed by atoms with Crippen molar-refractivity contribution in [2.24, 2.45) is 5.92 Å². The number of carbonyl (C=O) groups excluding carboxylic acids is 2. The fourth-order valence-electron chi connectivity index (χ4n) is 3.23. The predicted molar refractivity (Wildman–Crippen MR) is 127 cm³/mol. The molecule has 8 nitrogen and oxygen atoms in total. The molecule has 0 unspecified atom stereocenters. The first kappa shape index (κ1) is 24.1. The monoisotopic (exact) mass is 453 g/mol. The van der Waals surface area contributed by atoms with Gasteiger partial charge in [0.1, 0.15) is 22.9 Å². The number of nitrogens with one attached hydrogen (secondary N) is 2. The van der Waals surface area contributed by atoms with E-state index in [0.717, 1.165) is 11.1 Å². The zero-order valence-electron chi connectivity index (χ0n) is 19.9. The minimum Gasteiger partial charge on any atom is -0.497 e. The number of nitrogens with zero attached hydrogens (tertiary/aromatic N) is 1. The second kappa shape index (κ2) is 9.94. The maximum absolute atomic E-state index is 12.9. The minimum absolute atomic E-state index is 0.204. The first-order valence-corrected chi connectivity index (χ1v) is 10.9. The Morgan fingerprint density at radius 3 is 2.39 bits per heavy atom.